The van der Waals surface area contributed by atoms with Crippen LogP contribution in [0.15, 0.2) is 15.4 Å². The molecule has 20 heavy (non-hydrogen) atoms. The lowest BCUT2D eigenvalue weighted by molar-refractivity contribution is 0.891. The maximum absolute atomic E-state index is 4.46. The average molecular weight is 307 g/mol. The number of hydrogen-bond acceptors (Lipinski definition) is 7. The minimum Gasteiger partial charge on any atom is -0.347 e. The van der Waals surface area contributed by atoms with E-state index in [2.05, 4.69) is 32.0 Å². The van der Waals surface area contributed by atoms with Crippen LogP contribution in [0.4, 0.5) is 5.13 Å². The largest absolute Gasteiger partial charge is 0.347 e. The number of aromatic nitrogens is 4. The first-order chi connectivity index (χ1) is 9.74. The zero-order chi connectivity index (χ0) is 13.9. The topological polar surface area (TPSA) is 54.8 Å². The number of aryl methyl sites for hydroxylation is 2. The van der Waals surface area contributed by atoms with Gasteiger partial charge < -0.3 is 4.90 Å². The maximum atomic E-state index is 4.46. The molecule has 5 nitrogen and oxygen atoms in total. The fourth-order valence-electron chi connectivity index (χ4n) is 2.20. The zero-order valence-corrected chi connectivity index (χ0v) is 13.3. The molecule has 0 radical (unpaired) electrons. The van der Waals surface area contributed by atoms with Crippen molar-refractivity contribution in [3.05, 3.63) is 17.6 Å². The third-order valence-corrected chi connectivity index (χ3v) is 5.15. The van der Waals surface area contributed by atoms with Gasteiger partial charge in [0.25, 0.3) is 0 Å². The van der Waals surface area contributed by atoms with Gasteiger partial charge in [-0.25, -0.2) is 9.97 Å². The van der Waals surface area contributed by atoms with Crippen LogP contribution >= 0.6 is 23.1 Å². The Labute approximate surface area is 126 Å². The van der Waals surface area contributed by atoms with Gasteiger partial charge in [-0.2, -0.15) is 0 Å². The molecule has 1 saturated heterocycles. The van der Waals surface area contributed by atoms with E-state index in [-0.39, 0.29) is 0 Å². The van der Waals surface area contributed by atoms with Crippen LogP contribution in [0, 0.1) is 6.92 Å². The van der Waals surface area contributed by atoms with Gasteiger partial charge in [-0.1, -0.05) is 18.3 Å². The van der Waals surface area contributed by atoms with Crippen LogP contribution in [0.2, 0.25) is 0 Å². The maximum Gasteiger partial charge on any atom is 0.209 e. The lowest BCUT2D eigenvalue weighted by Crippen LogP contribution is -2.17. The third-order valence-electron chi connectivity index (χ3n) is 3.19. The molecule has 0 N–H and O–H groups in total. The molecule has 0 unspecified atom stereocenters. The summed E-state index contributed by atoms with van der Waals surface area (Å²) in [6.07, 6.45) is 3.44. The average Bonchev–Trinajstić information content (AvgIpc) is 3.08. The Morgan fingerprint density at radius 2 is 2.05 bits per heavy atom. The van der Waals surface area contributed by atoms with E-state index >= 15 is 0 Å². The zero-order valence-electron chi connectivity index (χ0n) is 11.7. The lowest BCUT2D eigenvalue weighted by atomic mass is 10.3. The first-order valence-electron chi connectivity index (χ1n) is 6.85. The van der Waals surface area contributed by atoms with E-state index in [1.54, 1.807) is 23.1 Å². The number of rotatable bonds is 4. The summed E-state index contributed by atoms with van der Waals surface area (Å²) in [4.78, 5) is 11.2. The van der Waals surface area contributed by atoms with Gasteiger partial charge in [0.05, 0.1) is 0 Å². The monoisotopic (exact) mass is 307 g/mol. The molecule has 0 saturated carbocycles. The number of nitrogens with zero attached hydrogens (tertiary/aromatic N) is 5. The van der Waals surface area contributed by atoms with E-state index in [1.165, 1.54) is 12.8 Å². The van der Waals surface area contributed by atoms with Crippen LogP contribution in [0.25, 0.3) is 0 Å². The van der Waals surface area contributed by atoms with E-state index in [0.29, 0.717) is 0 Å². The van der Waals surface area contributed by atoms with Crippen LogP contribution in [0.1, 0.15) is 31.3 Å². The summed E-state index contributed by atoms with van der Waals surface area (Å²) in [5, 5.41) is 10.6. The van der Waals surface area contributed by atoms with Crippen LogP contribution < -0.4 is 4.90 Å². The molecule has 0 bridgehead atoms. The molecule has 7 heteroatoms. The van der Waals surface area contributed by atoms with Gasteiger partial charge in [-0.05, 0) is 44.0 Å². The molecule has 2 aromatic heterocycles. The van der Waals surface area contributed by atoms with E-state index in [9.17, 15) is 0 Å². The van der Waals surface area contributed by atoms with Gasteiger partial charge in [0, 0.05) is 18.8 Å². The Hall–Kier alpha value is -1.21. The molecule has 1 aliphatic heterocycles. The molecular weight excluding hydrogens is 290 g/mol. The van der Waals surface area contributed by atoms with Crippen molar-refractivity contribution in [1.82, 2.24) is 20.2 Å². The summed E-state index contributed by atoms with van der Waals surface area (Å²) >= 11 is 3.23. The number of hydrogen-bond donors (Lipinski definition) is 0. The fourth-order valence-corrected chi connectivity index (χ4v) is 4.11. The smallest absolute Gasteiger partial charge is 0.209 e. The molecule has 3 rings (SSSR count). The second kappa shape index (κ2) is 6.05. The standard InChI is InChI=1S/C13H17N5S2/c1-3-10-8-11(15-9(2)14-10)19-13-17-16-12(20-13)18-6-4-5-7-18/h8H,3-7H2,1-2H3. The Balaban J connectivity index is 1.75. The molecule has 2 aromatic rings. The van der Waals surface area contributed by atoms with Crippen molar-refractivity contribution in [3.8, 4) is 0 Å². The molecule has 3 heterocycles. The first-order valence-corrected chi connectivity index (χ1v) is 8.49. The van der Waals surface area contributed by atoms with Crippen molar-refractivity contribution >= 4 is 28.2 Å². The Bertz CT molecular complexity index is 592. The Morgan fingerprint density at radius 1 is 1.25 bits per heavy atom. The summed E-state index contributed by atoms with van der Waals surface area (Å²) in [5.41, 5.74) is 1.07. The summed E-state index contributed by atoms with van der Waals surface area (Å²) < 4.78 is 0.951. The highest BCUT2D eigenvalue weighted by atomic mass is 32.2. The Kier molecular flexibility index (Phi) is 4.16. The highest BCUT2D eigenvalue weighted by Crippen LogP contribution is 2.33. The second-order valence-corrected chi connectivity index (χ2v) is 6.97. The Morgan fingerprint density at radius 3 is 2.80 bits per heavy atom. The molecule has 1 aliphatic rings. The molecule has 0 amide bonds. The van der Waals surface area contributed by atoms with Crippen LogP contribution in [0.3, 0.4) is 0 Å². The normalized spacial score (nSPS) is 15.0. The summed E-state index contributed by atoms with van der Waals surface area (Å²) in [7, 11) is 0. The minimum absolute atomic E-state index is 0.816. The van der Waals surface area contributed by atoms with E-state index < -0.39 is 0 Å². The molecule has 0 aliphatic carbocycles. The summed E-state index contributed by atoms with van der Waals surface area (Å²) in [6, 6.07) is 2.04. The quantitative estimate of drug-likeness (QED) is 0.810. The SMILES string of the molecule is CCc1cc(Sc2nnc(N3CCCC3)s2)nc(C)n1. The van der Waals surface area contributed by atoms with Gasteiger partial charge in [-0.3, -0.25) is 0 Å². The van der Waals surface area contributed by atoms with Gasteiger partial charge >= 0.3 is 0 Å². The number of anilines is 1. The predicted molar refractivity (Wildman–Crippen MR) is 81.6 cm³/mol. The third kappa shape index (κ3) is 3.09. The van der Waals surface area contributed by atoms with Crippen molar-refractivity contribution in [2.24, 2.45) is 0 Å². The molecule has 106 valence electrons. The van der Waals surface area contributed by atoms with Gasteiger partial charge in [0.2, 0.25) is 5.13 Å². The summed E-state index contributed by atoms with van der Waals surface area (Å²) in [6.45, 7) is 6.24. The van der Waals surface area contributed by atoms with E-state index in [0.717, 1.165) is 45.5 Å². The molecular formula is C13H17N5S2. The van der Waals surface area contributed by atoms with Crippen LogP contribution in [-0.4, -0.2) is 33.3 Å². The highest BCUT2D eigenvalue weighted by Gasteiger charge is 2.17. The minimum atomic E-state index is 0.816. The van der Waals surface area contributed by atoms with Crippen molar-refractivity contribution in [2.45, 2.75) is 42.5 Å². The van der Waals surface area contributed by atoms with Gasteiger partial charge in [-0.15, -0.1) is 10.2 Å². The molecule has 0 atom stereocenters. The fraction of sp³-hybridized carbons (Fsp3) is 0.538. The van der Waals surface area contributed by atoms with E-state index in [1.807, 2.05) is 13.0 Å². The lowest BCUT2D eigenvalue weighted by Gasteiger charge is -2.10. The molecule has 0 spiro atoms. The van der Waals surface area contributed by atoms with Crippen molar-refractivity contribution in [1.29, 1.82) is 0 Å². The van der Waals surface area contributed by atoms with Gasteiger partial charge in [0.1, 0.15) is 10.9 Å². The van der Waals surface area contributed by atoms with Gasteiger partial charge in [0.15, 0.2) is 4.34 Å². The van der Waals surface area contributed by atoms with Crippen molar-refractivity contribution < 1.29 is 0 Å². The van der Waals surface area contributed by atoms with Crippen molar-refractivity contribution in [3.63, 3.8) is 0 Å². The molecule has 0 aromatic carbocycles. The second-order valence-electron chi connectivity index (χ2n) is 4.75. The van der Waals surface area contributed by atoms with Crippen LogP contribution in [0.5, 0.6) is 0 Å². The highest BCUT2D eigenvalue weighted by molar-refractivity contribution is 8.01. The van der Waals surface area contributed by atoms with E-state index in [4.69, 9.17) is 0 Å². The first kappa shape index (κ1) is 13.8. The predicted octanol–water partition coefficient (Wildman–Crippen LogP) is 2.95. The molecule has 1 fully saturated rings. The summed E-state index contributed by atoms with van der Waals surface area (Å²) in [5.74, 6) is 0.816. The van der Waals surface area contributed by atoms with Crippen LogP contribution in [-0.2, 0) is 6.42 Å². The van der Waals surface area contributed by atoms with Crippen molar-refractivity contribution in [2.75, 3.05) is 18.0 Å².